The molecule has 0 amide bonds. The summed E-state index contributed by atoms with van der Waals surface area (Å²) in [6, 6.07) is 16.2. The molecule has 1 aliphatic heterocycles. The summed E-state index contributed by atoms with van der Waals surface area (Å²) in [5.41, 5.74) is 3.86. The average Bonchev–Trinajstić information content (AvgIpc) is 3.45. The largest absolute Gasteiger partial charge is 0.379 e. The van der Waals surface area contributed by atoms with Crippen molar-refractivity contribution in [2.75, 3.05) is 32.8 Å². The van der Waals surface area contributed by atoms with Gasteiger partial charge in [-0.25, -0.2) is 4.68 Å². The lowest BCUT2D eigenvalue weighted by Gasteiger charge is -2.26. The molecule has 0 unspecified atom stereocenters. The van der Waals surface area contributed by atoms with Gasteiger partial charge in [0.15, 0.2) is 0 Å². The van der Waals surface area contributed by atoms with Crippen LogP contribution in [0.5, 0.6) is 0 Å². The van der Waals surface area contributed by atoms with Gasteiger partial charge in [0, 0.05) is 25.2 Å². The Hall–Kier alpha value is -3.10. The van der Waals surface area contributed by atoms with Crippen LogP contribution >= 0.6 is 0 Å². The van der Waals surface area contributed by atoms with Crippen molar-refractivity contribution in [2.45, 2.75) is 19.4 Å². The third-order valence-electron chi connectivity index (χ3n) is 5.62. The Bertz CT molecular complexity index is 1120. The molecule has 0 radical (unpaired) electrons. The van der Waals surface area contributed by atoms with Crippen LogP contribution in [0.15, 0.2) is 53.1 Å². The smallest absolute Gasteiger partial charge is 0.234 e. The minimum absolute atomic E-state index is 0.0391. The van der Waals surface area contributed by atoms with Crippen LogP contribution in [0.25, 0.3) is 22.4 Å². The Balaban J connectivity index is 1.33. The number of aromatic nitrogens is 5. The summed E-state index contributed by atoms with van der Waals surface area (Å²) in [4.78, 5) is 7.01. The minimum Gasteiger partial charge on any atom is -0.379 e. The van der Waals surface area contributed by atoms with Gasteiger partial charge >= 0.3 is 0 Å². The zero-order chi connectivity index (χ0) is 20.3. The summed E-state index contributed by atoms with van der Waals surface area (Å²) in [5.74, 6) is 1.21. The van der Waals surface area contributed by atoms with E-state index in [9.17, 15) is 0 Å². The van der Waals surface area contributed by atoms with Crippen molar-refractivity contribution >= 4 is 11.0 Å². The van der Waals surface area contributed by atoms with E-state index >= 15 is 0 Å². The van der Waals surface area contributed by atoms with Crippen molar-refractivity contribution < 1.29 is 9.26 Å². The van der Waals surface area contributed by atoms with Crippen molar-refractivity contribution in [3.63, 3.8) is 0 Å². The number of fused-ring (bicyclic) bond motifs is 1. The lowest BCUT2D eigenvalue weighted by atomic mass is 10.0. The van der Waals surface area contributed by atoms with Crippen LogP contribution < -0.4 is 0 Å². The van der Waals surface area contributed by atoms with Gasteiger partial charge < -0.3 is 9.26 Å². The highest BCUT2D eigenvalue weighted by Gasteiger charge is 2.18. The second kappa shape index (κ2) is 8.33. The molecule has 0 aliphatic carbocycles. The van der Waals surface area contributed by atoms with Crippen molar-refractivity contribution in [1.29, 1.82) is 0 Å². The van der Waals surface area contributed by atoms with E-state index in [1.165, 1.54) is 0 Å². The van der Waals surface area contributed by atoms with Crippen molar-refractivity contribution in [2.24, 2.45) is 0 Å². The summed E-state index contributed by atoms with van der Waals surface area (Å²) in [7, 11) is 0. The van der Waals surface area contributed by atoms with Crippen LogP contribution in [0.3, 0.4) is 0 Å². The fourth-order valence-corrected chi connectivity index (χ4v) is 3.75. The van der Waals surface area contributed by atoms with Crippen LogP contribution in [0.4, 0.5) is 0 Å². The molecular formula is C22H24N6O2. The van der Waals surface area contributed by atoms with E-state index in [2.05, 4.69) is 44.4 Å². The molecule has 4 aromatic rings. The number of nitrogens with zero attached hydrogens (tertiary/aromatic N) is 6. The molecule has 30 heavy (non-hydrogen) atoms. The quantitative estimate of drug-likeness (QED) is 0.489. The SMILES string of the molecule is C[C@H](c1ccccc1)c1nc(-c2ccc3c(c2)nnn3CCN2CCOCC2)no1. The third kappa shape index (κ3) is 3.83. The minimum atomic E-state index is 0.0391. The molecule has 0 spiro atoms. The maximum Gasteiger partial charge on any atom is 0.234 e. The van der Waals surface area contributed by atoms with Gasteiger partial charge in [0.2, 0.25) is 11.7 Å². The predicted molar refractivity (Wildman–Crippen MR) is 112 cm³/mol. The predicted octanol–water partition coefficient (Wildman–Crippen LogP) is 2.97. The van der Waals surface area contributed by atoms with E-state index in [-0.39, 0.29) is 5.92 Å². The maximum absolute atomic E-state index is 5.54. The van der Waals surface area contributed by atoms with E-state index in [0.29, 0.717) is 11.7 Å². The molecule has 5 rings (SSSR count). The molecule has 2 aromatic carbocycles. The van der Waals surface area contributed by atoms with Crippen molar-refractivity contribution in [3.05, 3.63) is 60.0 Å². The molecule has 0 saturated carbocycles. The fourth-order valence-electron chi connectivity index (χ4n) is 3.75. The molecule has 0 bridgehead atoms. The number of benzene rings is 2. The van der Waals surface area contributed by atoms with E-state index in [4.69, 9.17) is 9.26 Å². The number of ether oxygens (including phenoxy) is 1. The topological polar surface area (TPSA) is 82.1 Å². The lowest BCUT2D eigenvalue weighted by molar-refractivity contribution is 0.0360. The maximum atomic E-state index is 5.54. The van der Waals surface area contributed by atoms with Gasteiger partial charge in [0.05, 0.1) is 31.2 Å². The van der Waals surface area contributed by atoms with E-state index < -0.39 is 0 Å². The van der Waals surface area contributed by atoms with Crippen molar-refractivity contribution in [3.8, 4) is 11.4 Å². The summed E-state index contributed by atoms with van der Waals surface area (Å²) < 4.78 is 12.9. The molecule has 0 N–H and O–H groups in total. The van der Waals surface area contributed by atoms with E-state index in [0.717, 1.165) is 61.6 Å². The van der Waals surface area contributed by atoms with Gasteiger partial charge in [-0.15, -0.1) is 5.10 Å². The molecule has 8 nitrogen and oxygen atoms in total. The van der Waals surface area contributed by atoms with Gasteiger partial charge in [0.1, 0.15) is 5.52 Å². The number of hydrogen-bond acceptors (Lipinski definition) is 7. The number of hydrogen-bond donors (Lipinski definition) is 0. The van der Waals surface area contributed by atoms with Crippen LogP contribution in [0.2, 0.25) is 0 Å². The Morgan fingerprint density at radius 2 is 1.87 bits per heavy atom. The Morgan fingerprint density at radius 3 is 2.70 bits per heavy atom. The zero-order valence-electron chi connectivity index (χ0n) is 16.9. The van der Waals surface area contributed by atoms with Gasteiger partial charge in [-0.05, 0) is 30.7 Å². The highest BCUT2D eigenvalue weighted by atomic mass is 16.5. The first-order valence-electron chi connectivity index (χ1n) is 10.3. The highest BCUT2D eigenvalue weighted by molar-refractivity contribution is 5.79. The molecule has 1 fully saturated rings. The first-order chi connectivity index (χ1) is 14.8. The normalized spacial score (nSPS) is 16.2. The zero-order valence-corrected chi connectivity index (χ0v) is 16.9. The third-order valence-corrected chi connectivity index (χ3v) is 5.62. The molecule has 1 aliphatic rings. The Labute approximate surface area is 174 Å². The number of rotatable bonds is 6. The van der Waals surface area contributed by atoms with E-state index in [1.807, 2.05) is 41.1 Å². The van der Waals surface area contributed by atoms with Gasteiger partial charge in [0.25, 0.3) is 0 Å². The van der Waals surface area contributed by atoms with E-state index in [1.54, 1.807) is 0 Å². The van der Waals surface area contributed by atoms with Crippen LogP contribution in [-0.4, -0.2) is 62.9 Å². The molecule has 1 saturated heterocycles. The molecular weight excluding hydrogens is 380 g/mol. The van der Waals surface area contributed by atoms with Gasteiger partial charge in [-0.1, -0.05) is 40.7 Å². The second-order valence-electron chi connectivity index (χ2n) is 7.56. The lowest BCUT2D eigenvalue weighted by Crippen LogP contribution is -2.38. The highest BCUT2D eigenvalue weighted by Crippen LogP contribution is 2.26. The molecule has 2 aromatic heterocycles. The summed E-state index contributed by atoms with van der Waals surface area (Å²) >= 11 is 0. The van der Waals surface area contributed by atoms with Crippen LogP contribution in [-0.2, 0) is 11.3 Å². The second-order valence-corrected chi connectivity index (χ2v) is 7.56. The molecule has 8 heteroatoms. The summed E-state index contributed by atoms with van der Waals surface area (Å²) in [6.45, 7) is 7.35. The first-order valence-corrected chi connectivity index (χ1v) is 10.3. The molecule has 1 atom stereocenters. The number of morpholine rings is 1. The van der Waals surface area contributed by atoms with Gasteiger partial charge in [-0.2, -0.15) is 4.98 Å². The van der Waals surface area contributed by atoms with Crippen molar-refractivity contribution in [1.82, 2.24) is 30.0 Å². The monoisotopic (exact) mass is 404 g/mol. The standard InChI is InChI=1S/C22H24N6O2/c1-16(17-5-3-2-4-6-17)22-23-21(25-30-22)18-7-8-20-19(15-18)24-26-28(20)10-9-27-11-13-29-14-12-27/h2-8,15-16H,9-14H2,1H3/t16-/m1/s1. The summed E-state index contributed by atoms with van der Waals surface area (Å²) in [6.07, 6.45) is 0. The summed E-state index contributed by atoms with van der Waals surface area (Å²) in [5, 5.41) is 12.9. The van der Waals surface area contributed by atoms with Crippen LogP contribution in [0.1, 0.15) is 24.3 Å². The van der Waals surface area contributed by atoms with Crippen LogP contribution in [0, 0.1) is 0 Å². The Morgan fingerprint density at radius 1 is 1.03 bits per heavy atom. The molecule has 154 valence electrons. The average molecular weight is 404 g/mol. The van der Waals surface area contributed by atoms with Gasteiger partial charge in [-0.3, -0.25) is 4.90 Å². The molecule has 3 heterocycles. The Kier molecular flexibility index (Phi) is 5.25. The first kappa shape index (κ1) is 18.9. The fraction of sp³-hybridized carbons (Fsp3) is 0.364.